The SMILES string of the molecule is C#CC(=O)C[C@H]1CCCN1C(=O)OC(C)(C)C. The van der Waals surface area contributed by atoms with Gasteiger partial charge >= 0.3 is 6.09 Å². The van der Waals surface area contributed by atoms with Crippen LogP contribution in [0.5, 0.6) is 0 Å². The largest absolute Gasteiger partial charge is 0.444 e. The maximum Gasteiger partial charge on any atom is 0.410 e. The van der Waals surface area contributed by atoms with Crippen molar-refractivity contribution in [2.75, 3.05) is 6.54 Å². The van der Waals surface area contributed by atoms with Gasteiger partial charge in [0.2, 0.25) is 5.78 Å². The highest BCUT2D eigenvalue weighted by molar-refractivity contribution is 5.95. The quantitative estimate of drug-likeness (QED) is 0.545. The third-order valence-electron chi connectivity index (χ3n) is 2.59. The van der Waals surface area contributed by atoms with E-state index >= 15 is 0 Å². The van der Waals surface area contributed by atoms with E-state index in [-0.39, 0.29) is 24.3 Å². The van der Waals surface area contributed by atoms with Crippen molar-refractivity contribution in [1.82, 2.24) is 4.90 Å². The maximum absolute atomic E-state index is 11.9. The molecule has 1 amide bonds. The Kier molecular flexibility index (Phi) is 4.17. The number of hydrogen-bond acceptors (Lipinski definition) is 3. The number of ether oxygens (including phenoxy) is 1. The van der Waals surface area contributed by atoms with E-state index in [1.807, 2.05) is 20.8 Å². The van der Waals surface area contributed by atoms with E-state index in [1.54, 1.807) is 4.90 Å². The van der Waals surface area contributed by atoms with Crippen LogP contribution in [0.25, 0.3) is 0 Å². The van der Waals surface area contributed by atoms with E-state index in [4.69, 9.17) is 11.2 Å². The number of amides is 1. The summed E-state index contributed by atoms with van der Waals surface area (Å²) in [6.07, 6.45) is 6.62. The Morgan fingerprint density at radius 2 is 2.12 bits per heavy atom. The number of likely N-dealkylation sites (tertiary alicyclic amines) is 1. The average Bonchev–Trinajstić information content (AvgIpc) is 2.63. The van der Waals surface area contributed by atoms with Crippen molar-refractivity contribution in [2.24, 2.45) is 0 Å². The first-order valence-electron chi connectivity index (χ1n) is 5.82. The number of ketones is 1. The van der Waals surface area contributed by atoms with Gasteiger partial charge in [-0.05, 0) is 39.5 Å². The molecule has 17 heavy (non-hydrogen) atoms. The summed E-state index contributed by atoms with van der Waals surface area (Å²) in [5, 5.41) is 0. The fraction of sp³-hybridized carbons (Fsp3) is 0.692. The molecule has 94 valence electrons. The highest BCUT2D eigenvalue weighted by Crippen LogP contribution is 2.23. The number of hydrogen-bond donors (Lipinski definition) is 0. The normalized spacial score (nSPS) is 19.9. The molecule has 1 aliphatic rings. The minimum atomic E-state index is -0.514. The third-order valence-corrected chi connectivity index (χ3v) is 2.59. The number of Topliss-reactive ketones (excluding diaryl/α,β-unsaturated/α-hetero) is 1. The zero-order valence-electron chi connectivity index (χ0n) is 10.7. The summed E-state index contributed by atoms with van der Waals surface area (Å²) in [6, 6.07) is -0.103. The third kappa shape index (κ3) is 4.10. The van der Waals surface area contributed by atoms with Crippen LogP contribution in [0.3, 0.4) is 0 Å². The molecule has 0 N–H and O–H groups in total. The summed E-state index contributed by atoms with van der Waals surface area (Å²) in [6.45, 7) is 6.10. The second-order valence-electron chi connectivity index (χ2n) is 5.24. The van der Waals surface area contributed by atoms with Gasteiger partial charge in [0.15, 0.2) is 0 Å². The smallest absolute Gasteiger partial charge is 0.410 e. The molecule has 1 aliphatic heterocycles. The minimum Gasteiger partial charge on any atom is -0.444 e. The van der Waals surface area contributed by atoms with Gasteiger partial charge in [0.1, 0.15) is 5.60 Å². The van der Waals surface area contributed by atoms with E-state index in [0.717, 1.165) is 12.8 Å². The van der Waals surface area contributed by atoms with Gasteiger partial charge in [-0.1, -0.05) is 0 Å². The Bertz CT molecular complexity index is 349. The molecule has 1 heterocycles. The molecule has 0 bridgehead atoms. The van der Waals surface area contributed by atoms with E-state index < -0.39 is 5.60 Å². The number of nitrogens with zero attached hydrogens (tertiary/aromatic N) is 1. The summed E-state index contributed by atoms with van der Waals surface area (Å²) in [4.78, 5) is 24.7. The van der Waals surface area contributed by atoms with Crippen molar-refractivity contribution in [3.8, 4) is 12.3 Å². The predicted molar refractivity (Wildman–Crippen MR) is 64.4 cm³/mol. The summed E-state index contributed by atoms with van der Waals surface area (Å²) in [5.41, 5.74) is -0.514. The molecule has 1 atom stereocenters. The Morgan fingerprint density at radius 3 is 2.65 bits per heavy atom. The number of terminal acetylenes is 1. The van der Waals surface area contributed by atoms with E-state index in [0.29, 0.717) is 6.54 Å². The number of rotatable bonds is 2. The van der Waals surface area contributed by atoms with Crippen molar-refractivity contribution >= 4 is 11.9 Å². The zero-order chi connectivity index (χ0) is 13.1. The first kappa shape index (κ1) is 13.6. The minimum absolute atomic E-state index is 0.103. The van der Waals surface area contributed by atoms with Crippen LogP contribution < -0.4 is 0 Å². The molecule has 1 fully saturated rings. The summed E-state index contributed by atoms with van der Waals surface area (Å²) < 4.78 is 5.29. The second kappa shape index (κ2) is 5.22. The Hall–Kier alpha value is -1.50. The summed E-state index contributed by atoms with van der Waals surface area (Å²) in [7, 11) is 0. The van der Waals surface area contributed by atoms with Crippen molar-refractivity contribution in [2.45, 2.75) is 51.7 Å². The first-order valence-corrected chi connectivity index (χ1v) is 5.82. The van der Waals surface area contributed by atoms with Gasteiger partial charge in [-0.2, -0.15) is 0 Å². The fourth-order valence-electron chi connectivity index (χ4n) is 1.88. The molecule has 0 radical (unpaired) electrons. The van der Waals surface area contributed by atoms with Gasteiger partial charge in [-0.25, -0.2) is 4.79 Å². The van der Waals surface area contributed by atoms with Gasteiger partial charge in [0, 0.05) is 19.0 Å². The van der Waals surface area contributed by atoms with Gasteiger partial charge in [0.05, 0.1) is 0 Å². The Labute approximate surface area is 102 Å². The van der Waals surface area contributed by atoms with Crippen molar-refractivity contribution in [3.05, 3.63) is 0 Å². The lowest BCUT2D eigenvalue weighted by atomic mass is 10.1. The molecule has 4 heteroatoms. The van der Waals surface area contributed by atoms with E-state index in [2.05, 4.69) is 5.92 Å². The van der Waals surface area contributed by atoms with E-state index in [1.165, 1.54) is 0 Å². The molecule has 0 spiro atoms. The Morgan fingerprint density at radius 1 is 1.47 bits per heavy atom. The highest BCUT2D eigenvalue weighted by atomic mass is 16.6. The van der Waals surface area contributed by atoms with Crippen molar-refractivity contribution in [1.29, 1.82) is 0 Å². The molecule has 1 rings (SSSR count). The van der Waals surface area contributed by atoms with Crippen LogP contribution in [-0.2, 0) is 9.53 Å². The monoisotopic (exact) mass is 237 g/mol. The van der Waals surface area contributed by atoms with Gasteiger partial charge in [-0.15, -0.1) is 6.42 Å². The summed E-state index contributed by atoms with van der Waals surface area (Å²) in [5.74, 6) is 1.82. The lowest BCUT2D eigenvalue weighted by Crippen LogP contribution is -2.40. The lowest BCUT2D eigenvalue weighted by molar-refractivity contribution is -0.114. The van der Waals surface area contributed by atoms with Crippen molar-refractivity contribution in [3.63, 3.8) is 0 Å². The topological polar surface area (TPSA) is 46.6 Å². The maximum atomic E-state index is 11.9. The first-order chi connectivity index (χ1) is 7.83. The zero-order valence-corrected chi connectivity index (χ0v) is 10.7. The van der Waals surface area contributed by atoms with Crippen LogP contribution in [0.4, 0.5) is 4.79 Å². The van der Waals surface area contributed by atoms with Crippen LogP contribution >= 0.6 is 0 Å². The molecule has 0 aromatic carbocycles. The molecule has 1 saturated heterocycles. The van der Waals surface area contributed by atoms with Crippen LogP contribution in [0.2, 0.25) is 0 Å². The van der Waals surface area contributed by atoms with Gasteiger partial charge < -0.3 is 9.64 Å². The molecule has 0 aromatic rings. The predicted octanol–water partition coefficient (Wildman–Crippen LogP) is 1.98. The number of carbonyl (C=O) groups is 2. The molecular weight excluding hydrogens is 218 g/mol. The average molecular weight is 237 g/mol. The molecular formula is C13H19NO3. The molecule has 0 unspecified atom stereocenters. The van der Waals surface area contributed by atoms with Crippen LogP contribution in [0.15, 0.2) is 0 Å². The molecule has 0 aliphatic carbocycles. The second-order valence-corrected chi connectivity index (χ2v) is 5.24. The molecule has 4 nitrogen and oxygen atoms in total. The number of carbonyl (C=O) groups excluding carboxylic acids is 2. The summed E-state index contributed by atoms with van der Waals surface area (Å²) >= 11 is 0. The van der Waals surface area contributed by atoms with Crippen LogP contribution in [0, 0.1) is 12.3 Å². The standard InChI is InChI=1S/C13H19NO3/c1-5-11(15)9-10-7-6-8-14(10)12(16)17-13(2,3)4/h1,10H,6-9H2,2-4H3/t10-/m1/s1. The highest BCUT2D eigenvalue weighted by Gasteiger charge is 2.32. The molecule has 0 aromatic heterocycles. The fourth-order valence-corrected chi connectivity index (χ4v) is 1.88. The molecule has 0 saturated carbocycles. The lowest BCUT2D eigenvalue weighted by Gasteiger charge is -2.28. The Balaban J connectivity index is 2.60. The van der Waals surface area contributed by atoms with Gasteiger partial charge in [0.25, 0.3) is 0 Å². The van der Waals surface area contributed by atoms with E-state index in [9.17, 15) is 9.59 Å². The van der Waals surface area contributed by atoms with Crippen LogP contribution in [0.1, 0.15) is 40.0 Å². The van der Waals surface area contributed by atoms with Crippen molar-refractivity contribution < 1.29 is 14.3 Å². The van der Waals surface area contributed by atoms with Crippen LogP contribution in [-0.4, -0.2) is 35.0 Å². The van der Waals surface area contributed by atoms with Gasteiger partial charge in [-0.3, -0.25) is 4.79 Å².